The predicted molar refractivity (Wildman–Crippen MR) is 58.5 cm³/mol. The monoisotopic (exact) mass is 176 g/mol. The van der Waals surface area contributed by atoms with Gasteiger partial charge in [0.15, 0.2) is 0 Å². The van der Waals surface area contributed by atoms with Crippen molar-refractivity contribution in [2.24, 2.45) is 0 Å². The van der Waals surface area contributed by atoms with Crippen LogP contribution in [0.5, 0.6) is 0 Å². The maximum atomic E-state index is 2.35. The average molecular weight is 176 g/mol. The Morgan fingerprint density at radius 3 is 2.42 bits per heavy atom. The summed E-state index contributed by atoms with van der Waals surface area (Å²) in [6, 6.07) is 10.5. The van der Waals surface area contributed by atoms with Gasteiger partial charge in [0.2, 0.25) is 0 Å². The lowest BCUT2D eigenvalue weighted by atomic mass is 10.1. The Balaban J connectivity index is 2.34. The van der Waals surface area contributed by atoms with Crippen LogP contribution in [0.3, 0.4) is 0 Å². The normalized spacial score (nSPS) is 24.1. The minimum absolute atomic E-state index is 0.0295. The summed E-state index contributed by atoms with van der Waals surface area (Å²) in [5.41, 5.74) is 2.71. The molecule has 0 saturated carbocycles. The molecule has 0 N–H and O–H groups in total. The van der Waals surface area contributed by atoms with Crippen LogP contribution >= 0.6 is 10.9 Å². The molecule has 0 saturated heterocycles. The summed E-state index contributed by atoms with van der Waals surface area (Å²) in [4.78, 5) is 0. The van der Waals surface area contributed by atoms with Crippen LogP contribution in [0, 0.1) is 0 Å². The van der Waals surface area contributed by atoms with Crippen molar-refractivity contribution in [2.45, 2.75) is 0 Å². The highest BCUT2D eigenvalue weighted by molar-refractivity contribution is 8.21. The predicted octanol–water partition coefficient (Wildman–Crippen LogP) is 3.19. The molecular formula is C11H12S. The molecule has 12 heavy (non-hydrogen) atoms. The molecule has 1 unspecified atom stereocenters. The highest BCUT2D eigenvalue weighted by Gasteiger charge is 2.02. The summed E-state index contributed by atoms with van der Waals surface area (Å²) in [6.07, 6.45) is 4.49. The minimum atomic E-state index is 0.0295. The van der Waals surface area contributed by atoms with Gasteiger partial charge < -0.3 is 0 Å². The number of hydrogen-bond acceptors (Lipinski definition) is 0. The van der Waals surface area contributed by atoms with E-state index in [0.29, 0.717) is 0 Å². The van der Waals surface area contributed by atoms with Gasteiger partial charge in [0.25, 0.3) is 0 Å². The fourth-order valence-corrected chi connectivity index (χ4v) is 2.46. The van der Waals surface area contributed by atoms with Crippen LogP contribution in [0.25, 0.3) is 5.57 Å². The topological polar surface area (TPSA) is 0 Å². The molecule has 0 nitrogen and oxygen atoms in total. The van der Waals surface area contributed by atoms with E-state index in [1.807, 2.05) is 0 Å². The second-order valence-corrected chi connectivity index (χ2v) is 4.82. The first-order valence-corrected chi connectivity index (χ1v) is 5.96. The van der Waals surface area contributed by atoms with Crippen LogP contribution in [0.4, 0.5) is 0 Å². The lowest BCUT2D eigenvalue weighted by Gasteiger charge is -1.99. The summed E-state index contributed by atoms with van der Waals surface area (Å²) in [6.45, 7) is 0. The van der Waals surface area contributed by atoms with E-state index in [0.717, 1.165) is 0 Å². The van der Waals surface area contributed by atoms with Gasteiger partial charge in [-0.3, -0.25) is 0 Å². The van der Waals surface area contributed by atoms with Crippen LogP contribution in [0.15, 0.2) is 47.2 Å². The summed E-state index contributed by atoms with van der Waals surface area (Å²) >= 11 is 0. The molecule has 62 valence electrons. The van der Waals surface area contributed by atoms with Gasteiger partial charge in [0.05, 0.1) is 0 Å². The molecule has 0 fully saturated rings. The summed E-state index contributed by atoms with van der Waals surface area (Å²) in [5.74, 6) is 0. The van der Waals surface area contributed by atoms with E-state index >= 15 is 0 Å². The first-order valence-electron chi connectivity index (χ1n) is 4.03. The Morgan fingerprint density at radius 1 is 1.08 bits per heavy atom. The molecule has 0 amide bonds. The fraction of sp³-hybridized carbons (Fsp3) is 0.0909. The first kappa shape index (κ1) is 7.69. The third kappa shape index (κ3) is 1.46. The molecule has 1 heterocycles. The quantitative estimate of drug-likeness (QED) is 0.624. The van der Waals surface area contributed by atoms with Crippen LogP contribution < -0.4 is 0 Å². The van der Waals surface area contributed by atoms with Gasteiger partial charge in [-0.15, -0.1) is 0 Å². The number of benzene rings is 1. The largest absolute Gasteiger partial charge is 0.216 e. The smallest absolute Gasteiger partial charge is 0.0131 e. The second-order valence-electron chi connectivity index (χ2n) is 2.93. The van der Waals surface area contributed by atoms with Crippen LogP contribution in [0.2, 0.25) is 0 Å². The van der Waals surface area contributed by atoms with E-state index in [-0.39, 0.29) is 10.9 Å². The van der Waals surface area contributed by atoms with Crippen molar-refractivity contribution in [2.75, 3.05) is 6.26 Å². The lowest BCUT2D eigenvalue weighted by Crippen LogP contribution is -1.75. The van der Waals surface area contributed by atoms with Crippen molar-refractivity contribution in [3.05, 3.63) is 52.8 Å². The standard InChI is InChI=1S/C11H12S/c1-12-8-7-11(9-12)10-5-3-2-4-6-10/h2-9,12H,1H3. The van der Waals surface area contributed by atoms with Gasteiger partial charge in [0, 0.05) is 0 Å². The summed E-state index contributed by atoms with van der Waals surface area (Å²) in [7, 11) is 0.0295. The summed E-state index contributed by atoms with van der Waals surface area (Å²) < 4.78 is 0. The molecule has 0 aliphatic carbocycles. The highest BCUT2D eigenvalue weighted by Crippen LogP contribution is 2.36. The van der Waals surface area contributed by atoms with E-state index in [1.54, 1.807) is 0 Å². The molecule has 1 aromatic carbocycles. The average Bonchev–Trinajstić information content (AvgIpc) is 2.54. The number of hydrogen-bond donors (Lipinski definition) is 1. The summed E-state index contributed by atoms with van der Waals surface area (Å²) in [5, 5.41) is 4.64. The molecule has 0 aromatic heterocycles. The Morgan fingerprint density at radius 2 is 1.83 bits per heavy atom. The van der Waals surface area contributed by atoms with Gasteiger partial charge in [-0.2, -0.15) is 0 Å². The minimum Gasteiger partial charge on any atom is -0.216 e. The van der Waals surface area contributed by atoms with Crippen LogP contribution in [0.1, 0.15) is 5.56 Å². The van der Waals surface area contributed by atoms with Gasteiger partial charge in [-0.05, 0) is 34.3 Å². The Kier molecular flexibility index (Phi) is 2.05. The van der Waals surface area contributed by atoms with E-state index < -0.39 is 0 Å². The van der Waals surface area contributed by atoms with E-state index in [2.05, 4.69) is 53.5 Å². The molecule has 1 heteroatoms. The van der Waals surface area contributed by atoms with E-state index in [9.17, 15) is 0 Å². The molecule has 1 aliphatic heterocycles. The molecule has 0 radical (unpaired) electrons. The fourth-order valence-electron chi connectivity index (χ4n) is 1.30. The molecule has 2 rings (SSSR count). The van der Waals surface area contributed by atoms with Gasteiger partial charge in [-0.1, -0.05) is 30.3 Å². The second kappa shape index (κ2) is 3.20. The maximum absolute atomic E-state index is 2.35. The Hall–Kier alpha value is -0.950. The molecule has 1 atom stereocenters. The van der Waals surface area contributed by atoms with E-state index in [1.165, 1.54) is 11.1 Å². The van der Waals surface area contributed by atoms with Crippen molar-refractivity contribution < 1.29 is 0 Å². The first-order chi connectivity index (χ1) is 5.86. The van der Waals surface area contributed by atoms with Crippen LogP contribution in [-0.2, 0) is 0 Å². The van der Waals surface area contributed by atoms with Crippen molar-refractivity contribution in [1.82, 2.24) is 0 Å². The Labute approximate surface area is 76.0 Å². The number of thiol groups is 1. The maximum Gasteiger partial charge on any atom is -0.0131 e. The SMILES string of the molecule is C[SH]1C=CC(c2ccccc2)=C1. The third-order valence-electron chi connectivity index (χ3n) is 1.94. The zero-order valence-corrected chi connectivity index (χ0v) is 7.96. The molecule has 0 spiro atoms. The van der Waals surface area contributed by atoms with E-state index in [4.69, 9.17) is 0 Å². The molecule has 1 aliphatic rings. The lowest BCUT2D eigenvalue weighted by molar-refractivity contribution is 1.63. The number of rotatable bonds is 1. The van der Waals surface area contributed by atoms with Crippen LogP contribution in [-0.4, -0.2) is 6.26 Å². The van der Waals surface area contributed by atoms with Crippen molar-refractivity contribution in [1.29, 1.82) is 0 Å². The zero-order chi connectivity index (χ0) is 8.39. The molecular weight excluding hydrogens is 164 g/mol. The van der Waals surface area contributed by atoms with Gasteiger partial charge >= 0.3 is 0 Å². The Bertz CT molecular complexity index is 322. The van der Waals surface area contributed by atoms with Crippen molar-refractivity contribution >= 4 is 16.5 Å². The van der Waals surface area contributed by atoms with Gasteiger partial charge in [-0.25, -0.2) is 10.9 Å². The van der Waals surface area contributed by atoms with Crippen molar-refractivity contribution in [3.8, 4) is 0 Å². The third-order valence-corrected chi connectivity index (χ3v) is 3.24. The highest BCUT2D eigenvalue weighted by atomic mass is 32.2. The number of allylic oxidation sites excluding steroid dienone is 2. The van der Waals surface area contributed by atoms with Gasteiger partial charge in [0.1, 0.15) is 0 Å². The molecule has 0 bridgehead atoms. The molecule has 1 aromatic rings. The van der Waals surface area contributed by atoms with Crippen molar-refractivity contribution in [3.63, 3.8) is 0 Å². The zero-order valence-electron chi connectivity index (χ0n) is 7.07.